The van der Waals surface area contributed by atoms with Crippen molar-refractivity contribution < 1.29 is 4.21 Å². The van der Waals surface area contributed by atoms with Gasteiger partial charge in [0.15, 0.2) is 0 Å². The lowest BCUT2D eigenvalue weighted by molar-refractivity contribution is 0.452. The molecule has 68 valence electrons. The summed E-state index contributed by atoms with van der Waals surface area (Å²) in [6.45, 7) is 0. The Labute approximate surface area is 75.9 Å². The molecule has 0 radical (unpaired) electrons. The van der Waals surface area contributed by atoms with Gasteiger partial charge in [0.2, 0.25) is 0 Å². The van der Waals surface area contributed by atoms with Gasteiger partial charge in [-0.2, -0.15) is 0 Å². The molecule has 0 aromatic carbocycles. The zero-order valence-corrected chi connectivity index (χ0v) is 8.14. The van der Waals surface area contributed by atoms with E-state index >= 15 is 0 Å². The average molecular weight is 185 g/mol. The van der Waals surface area contributed by atoms with Crippen LogP contribution in [0.2, 0.25) is 0 Å². The van der Waals surface area contributed by atoms with Crippen molar-refractivity contribution in [3.05, 3.63) is 12.2 Å². The van der Waals surface area contributed by atoms with Gasteiger partial charge in [-0.3, -0.25) is 4.21 Å². The maximum atomic E-state index is 11.8. The summed E-state index contributed by atoms with van der Waals surface area (Å²) in [5.74, 6) is 0. The second-order valence-corrected chi connectivity index (χ2v) is 5.41. The minimum atomic E-state index is -0.615. The van der Waals surface area contributed by atoms with Crippen molar-refractivity contribution in [2.24, 2.45) is 0 Å². The molecule has 1 N–H and O–H groups in total. The lowest BCUT2D eigenvalue weighted by Crippen LogP contribution is -2.48. The van der Waals surface area contributed by atoms with Crippen LogP contribution >= 0.6 is 0 Å². The predicted octanol–water partition coefficient (Wildman–Crippen LogP) is 0.814. The average Bonchev–Trinajstić information content (AvgIpc) is 2.04. The molecule has 12 heavy (non-hydrogen) atoms. The fourth-order valence-corrected chi connectivity index (χ4v) is 4.14. The summed E-state index contributed by atoms with van der Waals surface area (Å²) in [4.78, 5) is 0. The molecule has 1 fully saturated rings. The second-order valence-electron chi connectivity index (χ2n) is 3.54. The molecule has 0 aliphatic carbocycles. The maximum absolute atomic E-state index is 11.8. The van der Waals surface area contributed by atoms with Crippen LogP contribution in [0.15, 0.2) is 12.2 Å². The van der Waals surface area contributed by atoms with Crippen LogP contribution < -0.4 is 5.32 Å². The lowest BCUT2D eigenvalue weighted by atomic mass is 9.99. The third-order valence-corrected chi connectivity index (χ3v) is 5.01. The van der Waals surface area contributed by atoms with Gasteiger partial charge in [0.1, 0.15) is 0 Å². The maximum Gasteiger partial charge on any atom is 0.0541 e. The molecule has 0 saturated carbocycles. The highest BCUT2D eigenvalue weighted by atomic mass is 32.2. The molecule has 4 atom stereocenters. The van der Waals surface area contributed by atoms with E-state index in [-0.39, 0.29) is 0 Å². The first-order chi connectivity index (χ1) is 5.83. The topological polar surface area (TPSA) is 29.1 Å². The van der Waals surface area contributed by atoms with Crippen molar-refractivity contribution in [3.8, 4) is 0 Å². The van der Waals surface area contributed by atoms with Crippen LogP contribution in [0.4, 0.5) is 0 Å². The number of hydrogen-bond donors (Lipinski definition) is 1. The molecule has 0 amide bonds. The Bertz CT molecular complexity index is 227. The molecule has 2 rings (SSSR count). The van der Waals surface area contributed by atoms with E-state index in [9.17, 15) is 4.21 Å². The quantitative estimate of drug-likeness (QED) is 0.613. The second kappa shape index (κ2) is 3.30. The molecule has 3 heteroatoms. The van der Waals surface area contributed by atoms with E-state index in [2.05, 4.69) is 17.5 Å². The van der Waals surface area contributed by atoms with Crippen molar-refractivity contribution in [1.82, 2.24) is 5.32 Å². The van der Waals surface area contributed by atoms with Crippen molar-refractivity contribution in [2.75, 3.05) is 7.05 Å². The molecule has 2 heterocycles. The Kier molecular flexibility index (Phi) is 2.33. The molecule has 2 nitrogen and oxygen atoms in total. The van der Waals surface area contributed by atoms with Gasteiger partial charge in [0, 0.05) is 16.8 Å². The normalized spacial score (nSPS) is 46.1. The first-order valence-electron chi connectivity index (χ1n) is 4.56. The molecule has 0 aromatic rings. The minimum Gasteiger partial charge on any atom is -0.316 e. The van der Waals surface area contributed by atoms with Gasteiger partial charge >= 0.3 is 0 Å². The van der Waals surface area contributed by atoms with E-state index in [0.29, 0.717) is 16.5 Å². The summed E-state index contributed by atoms with van der Waals surface area (Å²) >= 11 is 0. The van der Waals surface area contributed by atoms with Crippen molar-refractivity contribution in [2.45, 2.75) is 35.8 Å². The zero-order chi connectivity index (χ0) is 8.55. The van der Waals surface area contributed by atoms with E-state index < -0.39 is 10.8 Å². The van der Waals surface area contributed by atoms with Gasteiger partial charge in [0.05, 0.1) is 10.5 Å². The first kappa shape index (κ1) is 8.45. The number of nitrogens with one attached hydrogen (secondary N) is 1. The fourth-order valence-electron chi connectivity index (χ4n) is 2.16. The van der Waals surface area contributed by atoms with Crippen LogP contribution in [-0.2, 0) is 10.8 Å². The molecule has 2 aliphatic heterocycles. The van der Waals surface area contributed by atoms with Gasteiger partial charge in [-0.15, -0.1) is 0 Å². The van der Waals surface area contributed by atoms with Crippen LogP contribution in [0, 0.1) is 0 Å². The number of hydrogen-bond acceptors (Lipinski definition) is 2. The van der Waals surface area contributed by atoms with E-state index in [0.717, 1.165) is 12.8 Å². The van der Waals surface area contributed by atoms with Crippen molar-refractivity contribution >= 4 is 10.8 Å². The third-order valence-electron chi connectivity index (χ3n) is 2.90. The third kappa shape index (κ3) is 1.25. The molecular formula is C9H15NOS. The number of fused-ring (bicyclic) bond motifs is 2. The molecule has 1 saturated heterocycles. The van der Waals surface area contributed by atoms with Gasteiger partial charge in [-0.05, 0) is 26.3 Å². The van der Waals surface area contributed by atoms with Crippen LogP contribution in [-0.4, -0.2) is 27.8 Å². The highest BCUT2D eigenvalue weighted by Gasteiger charge is 2.36. The SMILES string of the molecule is CNC1CCC2C=CCC1S2=O. The standard InChI is InChI=1S/C9H15NOS/c1-10-8-6-5-7-3-2-4-9(8)12(7)11/h2-3,7-10H,4-6H2,1H3. The summed E-state index contributed by atoms with van der Waals surface area (Å²) < 4.78 is 11.8. The van der Waals surface area contributed by atoms with Crippen LogP contribution in [0.3, 0.4) is 0 Å². The smallest absolute Gasteiger partial charge is 0.0541 e. The van der Waals surface area contributed by atoms with Gasteiger partial charge in [-0.25, -0.2) is 0 Å². The molecule has 2 aliphatic rings. The lowest BCUT2D eigenvalue weighted by Gasteiger charge is -2.36. The monoisotopic (exact) mass is 185 g/mol. The van der Waals surface area contributed by atoms with E-state index in [1.54, 1.807) is 0 Å². The Hall–Kier alpha value is -0.150. The minimum absolute atomic E-state index is 0.355. The van der Waals surface area contributed by atoms with Gasteiger partial charge < -0.3 is 5.32 Å². The van der Waals surface area contributed by atoms with Crippen LogP contribution in [0.25, 0.3) is 0 Å². The molecule has 2 bridgehead atoms. The van der Waals surface area contributed by atoms with Crippen LogP contribution in [0.5, 0.6) is 0 Å². The summed E-state index contributed by atoms with van der Waals surface area (Å²) in [6, 6.07) is 0.479. The Morgan fingerprint density at radius 1 is 1.50 bits per heavy atom. The molecular weight excluding hydrogens is 170 g/mol. The Balaban J connectivity index is 2.20. The predicted molar refractivity (Wildman–Crippen MR) is 51.6 cm³/mol. The highest BCUT2D eigenvalue weighted by Crippen LogP contribution is 2.29. The van der Waals surface area contributed by atoms with E-state index in [4.69, 9.17) is 0 Å². The Morgan fingerprint density at radius 3 is 3.08 bits per heavy atom. The molecule has 4 unspecified atom stereocenters. The van der Waals surface area contributed by atoms with E-state index in [1.165, 1.54) is 6.42 Å². The number of allylic oxidation sites excluding steroid dienone is 1. The van der Waals surface area contributed by atoms with Crippen molar-refractivity contribution in [1.29, 1.82) is 0 Å². The summed E-state index contributed by atoms with van der Waals surface area (Å²) in [6.07, 6.45) is 7.60. The zero-order valence-electron chi connectivity index (χ0n) is 7.32. The van der Waals surface area contributed by atoms with Gasteiger partial charge in [-0.1, -0.05) is 12.2 Å². The Morgan fingerprint density at radius 2 is 2.33 bits per heavy atom. The largest absolute Gasteiger partial charge is 0.316 e. The number of rotatable bonds is 1. The molecule has 0 aromatic heterocycles. The summed E-state index contributed by atoms with van der Waals surface area (Å²) in [5, 5.41) is 3.99. The van der Waals surface area contributed by atoms with Crippen molar-refractivity contribution in [3.63, 3.8) is 0 Å². The summed E-state index contributed by atoms with van der Waals surface area (Å²) in [5.41, 5.74) is 0. The van der Waals surface area contributed by atoms with Gasteiger partial charge in [0.25, 0.3) is 0 Å². The first-order valence-corrected chi connectivity index (χ1v) is 5.84. The fraction of sp³-hybridized carbons (Fsp3) is 0.778. The summed E-state index contributed by atoms with van der Waals surface area (Å²) in [7, 11) is 1.36. The highest BCUT2D eigenvalue weighted by molar-refractivity contribution is 7.86. The molecule has 0 spiro atoms. The van der Waals surface area contributed by atoms with E-state index in [1.807, 2.05) is 7.05 Å². The van der Waals surface area contributed by atoms with Crippen LogP contribution in [0.1, 0.15) is 19.3 Å².